The van der Waals surface area contributed by atoms with Gasteiger partial charge in [-0.25, -0.2) is 4.39 Å². The van der Waals surface area contributed by atoms with E-state index in [1.807, 2.05) is 0 Å². The third-order valence-corrected chi connectivity index (χ3v) is 2.86. The molecular formula is C11H9BrFNO4. The molecule has 0 fully saturated rings. The van der Waals surface area contributed by atoms with Crippen molar-refractivity contribution in [3.63, 3.8) is 0 Å². The number of fused-ring (bicyclic) bond motifs is 1. The summed E-state index contributed by atoms with van der Waals surface area (Å²) in [5, 5.41) is 27.1. The molecule has 0 bridgehead atoms. The second-order valence-corrected chi connectivity index (χ2v) is 4.51. The maximum Gasteiger partial charge on any atom is 0.453 e. The fourth-order valence-corrected chi connectivity index (χ4v) is 2.29. The fourth-order valence-electron chi connectivity index (χ4n) is 1.62. The number of rotatable bonds is 2. The van der Waals surface area contributed by atoms with Crippen molar-refractivity contribution in [3.8, 4) is 5.75 Å². The molecule has 0 aromatic heterocycles. The van der Waals surface area contributed by atoms with Crippen LogP contribution in [-0.2, 0) is 0 Å². The molecule has 0 spiro atoms. The highest BCUT2D eigenvalue weighted by Crippen LogP contribution is 2.37. The number of ether oxygens (including phenoxy) is 1. The Hall–Kier alpha value is -1.41. The van der Waals surface area contributed by atoms with Gasteiger partial charge in [0.2, 0.25) is 0 Å². The summed E-state index contributed by atoms with van der Waals surface area (Å²) >= 11 is 3.17. The van der Waals surface area contributed by atoms with Gasteiger partial charge in [-0.05, 0) is 39.5 Å². The molecule has 0 aliphatic carbocycles. The molecule has 2 aromatic carbocycles. The van der Waals surface area contributed by atoms with Crippen molar-refractivity contribution < 1.29 is 24.4 Å². The van der Waals surface area contributed by atoms with E-state index in [0.717, 1.165) is 6.07 Å². The summed E-state index contributed by atoms with van der Waals surface area (Å²) in [6, 6.07) is 5.57. The highest BCUT2D eigenvalue weighted by Gasteiger charge is 2.25. The first-order valence-corrected chi connectivity index (χ1v) is 5.60. The van der Waals surface area contributed by atoms with Crippen LogP contribution < -0.4 is 10.5 Å². The van der Waals surface area contributed by atoms with Crippen LogP contribution in [0.3, 0.4) is 0 Å². The minimum absolute atomic E-state index is 0.228. The van der Waals surface area contributed by atoms with Crippen molar-refractivity contribution in [2.45, 2.75) is 6.16 Å². The summed E-state index contributed by atoms with van der Waals surface area (Å²) < 4.78 is 18.4. The highest BCUT2D eigenvalue weighted by molar-refractivity contribution is 9.10. The zero-order valence-electron chi connectivity index (χ0n) is 8.89. The van der Waals surface area contributed by atoms with Crippen LogP contribution in [0.2, 0.25) is 0 Å². The van der Waals surface area contributed by atoms with Gasteiger partial charge in [0.15, 0.2) is 11.6 Å². The monoisotopic (exact) mass is 317 g/mol. The van der Waals surface area contributed by atoms with Gasteiger partial charge < -0.3 is 25.8 Å². The number of nitrogens with two attached hydrogens (primary N) is 1. The molecule has 0 aliphatic rings. The number of anilines is 1. The van der Waals surface area contributed by atoms with E-state index in [4.69, 9.17) is 21.1 Å². The quantitative estimate of drug-likeness (QED) is 0.494. The number of hydrogen-bond donors (Lipinski definition) is 4. The molecule has 5 nitrogen and oxygen atoms in total. The molecular weight excluding hydrogens is 309 g/mol. The highest BCUT2D eigenvalue weighted by atomic mass is 79.9. The summed E-state index contributed by atoms with van der Waals surface area (Å²) in [5.41, 5.74) is 6.07. The Morgan fingerprint density at radius 3 is 2.50 bits per heavy atom. The second kappa shape index (κ2) is 4.36. The summed E-state index contributed by atoms with van der Waals surface area (Å²) in [5.74, 6) is -1.35. The lowest BCUT2D eigenvalue weighted by Crippen LogP contribution is -2.35. The predicted octanol–water partition coefficient (Wildman–Crippen LogP) is 1.29. The molecule has 2 aromatic rings. The minimum atomic E-state index is -3.46. The number of benzene rings is 2. The molecule has 0 saturated heterocycles. The first-order chi connectivity index (χ1) is 8.28. The molecule has 2 rings (SSSR count). The molecule has 96 valence electrons. The minimum Gasteiger partial charge on any atom is -0.413 e. The molecule has 7 heteroatoms. The second-order valence-electron chi connectivity index (χ2n) is 3.65. The van der Waals surface area contributed by atoms with Crippen molar-refractivity contribution in [1.29, 1.82) is 0 Å². The van der Waals surface area contributed by atoms with Crippen LogP contribution in [-0.4, -0.2) is 21.5 Å². The van der Waals surface area contributed by atoms with Gasteiger partial charge in [-0.2, -0.15) is 0 Å². The lowest BCUT2D eigenvalue weighted by Gasteiger charge is -2.18. The molecule has 0 radical (unpaired) electrons. The van der Waals surface area contributed by atoms with Crippen LogP contribution in [0.25, 0.3) is 10.8 Å². The van der Waals surface area contributed by atoms with Crippen LogP contribution in [0, 0.1) is 5.82 Å². The van der Waals surface area contributed by atoms with Crippen LogP contribution >= 0.6 is 15.9 Å². The average molecular weight is 318 g/mol. The summed E-state index contributed by atoms with van der Waals surface area (Å²) in [6.07, 6.45) is -3.46. The Balaban J connectivity index is 2.74. The third kappa shape index (κ3) is 2.54. The first kappa shape index (κ1) is 13.0. The molecule has 0 atom stereocenters. The number of aliphatic hydroxyl groups is 3. The van der Waals surface area contributed by atoms with Crippen molar-refractivity contribution >= 4 is 32.4 Å². The van der Waals surface area contributed by atoms with Crippen LogP contribution in [0.5, 0.6) is 5.75 Å². The SMILES string of the molecule is Nc1cc(Br)c2c(OC(O)(O)O)c(F)ccc2c1. The van der Waals surface area contributed by atoms with Gasteiger partial charge in [0.25, 0.3) is 0 Å². The third-order valence-electron chi connectivity index (χ3n) is 2.24. The lowest BCUT2D eigenvalue weighted by atomic mass is 10.1. The lowest BCUT2D eigenvalue weighted by molar-refractivity contribution is -0.419. The predicted molar refractivity (Wildman–Crippen MR) is 66.0 cm³/mol. The Bertz CT molecular complexity index is 612. The van der Waals surface area contributed by atoms with Crippen LogP contribution in [0.15, 0.2) is 28.7 Å². The Labute approximate surface area is 109 Å². The van der Waals surface area contributed by atoms with E-state index in [-0.39, 0.29) is 5.39 Å². The van der Waals surface area contributed by atoms with Gasteiger partial charge in [-0.15, -0.1) is 0 Å². The van der Waals surface area contributed by atoms with Crippen molar-refractivity contribution in [2.24, 2.45) is 0 Å². The number of nitrogen functional groups attached to an aromatic ring is 1. The molecule has 0 aliphatic heterocycles. The molecule has 5 N–H and O–H groups in total. The van der Waals surface area contributed by atoms with E-state index < -0.39 is 17.7 Å². The Morgan fingerprint density at radius 2 is 1.89 bits per heavy atom. The molecule has 0 heterocycles. The fraction of sp³-hybridized carbons (Fsp3) is 0.0909. The number of halogens is 2. The van der Waals surface area contributed by atoms with E-state index in [9.17, 15) is 4.39 Å². The summed E-state index contributed by atoms with van der Waals surface area (Å²) in [4.78, 5) is 0. The van der Waals surface area contributed by atoms with Crippen LogP contribution in [0.1, 0.15) is 0 Å². The molecule has 0 saturated carbocycles. The summed E-state index contributed by atoms with van der Waals surface area (Å²) in [7, 11) is 0. The van der Waals surface area contributed by atoms with E-state index in [1.165, 1.54) is 12.1 Å². The van der Waals surface area contributed by atoms with Gasteiger partial charge in [0.05, 0.1) is 0 Å². The largest absolute Gasteiger partial charge is 0.453 e. The van der Waals surface area contributed by atoms with Gasteiger partial charge in [0.1, 0.15) is 0 Å². The average Bonchev–Trinajstić information content (AvgIpc) is 2.20. The normalized spacial score (nSPS) is 11.8. The van der Waals surface area contributed by atoms with E-state index in [0.29, 0.717) is 15.5 Å². The standard InChI is InChI=1S/C11H9BrFNO4/c12-7-4-6(14)3-5-1-2-8(13)10(9(5)7)18-11(15,16)17/h1-4,15-17H,14H2. The maximum atomic E-state index is 13.6. The number of hydrogen-bond acceptors (Lipinski definition) is 5. The smallest absolute Gasteiger partial charge is 0.413 e. The van der Waals surface area contributed by atoms with Crippen LogP contribution in [0.4, 0.5) is 10.1 Å². The van der Waals surface area contributed by atoms with Gasteiger partial charge in [0, 0.05) is 15.5 Å². The summed E-state index contributed by atoms with van der Waals surface area (Å²) in [6.45, 7) is 0. The van der Waals surface area contributed by atoms with E-state index >= 15 is 0 Å². The Kier molecular flexibility index (Phi) is 3.16. The van der Waals surface area contributed by atoms with Crippen molar-refractivity contribution in [1.82, 2.24) is 0 Å². The van der Waals surface area contributed by atoms with Gasteiger partial charge in [-0.3, -0.25) is 0 Å². The van der Waals surface area contributed by atoms with Gasteiger partial charge in [-0.1, -0.05) is 6.07 Å². The Morgan fingerprint density at radius 1 is 1.22 bits per heavy atom. The van der Waals surface area contributed by atoms with E-state index in [1.54, 1.807) is 6.07 Å². The zero-order chi connectivity index (χ0) is 13.5. The zero-order valence-corrected chi connectivity index (χ0v) is 10.5. The van der Waals surface area contributed by atoms with Gasteiger partial charge >= 0.3 is 6.16 Å². The topological polar surface area (TPSA) is 95.9 Å². The first-order valence-electron chi connectivity index (χ1n) is 4.81. The molecule has 0 unspecified atom stereocenters. The van der Waals surface area contributed by atoms with E-state index in [2.05, 4.69) is 20.7 Å². The molecule has 0 amide bonds. The molecule has 18 heavy (non-hydrogen) atoms. The van der Waals surface area contributed by atoms with Crippen molar-refractivity contribution in [3.05, 3.63) is 34.6 Å². The maximum absolute atomic E-state index is 13.6. The van der Waals surface area contributed by atoms with Crippen molar-refractivity contribution in [2.75, 3.05) is 5.73 Å².